The van der Waals surface area contributed by atoms with Gasteiger partial charge in [0, 0.05) is 49.6 Å². The first kappa shape index (κ1) is 16.4. The van der Waals surface area contributed by atoms with Crippen LogP contribution in [0.1, 0.15) is 12.6 Å². The molecule has 2 heterocycles. The molecular weight excluding hydrogens is 300 g/mol. The number of anilines is 1. The maximum Gasteiger partial charge on any atom is 0.161 e. The summed E-state index contributed by atoms with van der Waals surface area (Å²) in [6, 6.07) is 5.61. The Hall–Kier alpha value is -2.02. The molecule has 0 aliphatic rings. The van der Waals surface area contributed by atoms with Crippen LogP contribution in [0.15, 0.2) is 30.6 Å². The maximum absolute atomic E-state index is 11.3. The predicted molar refractivity (Wildman–Crippen MR) is 87.6 cm³/mol. The van der Waals surface area contributed by atoms with E-state index in [0.717, 1.165) is 23.5 Å². The number of sulfone groups is 1. The van der Waals surface area contributed by atoms with Crippen LogP contribution in [0.25, 0.3) is 11.4 Å². The summed E-state index contributed by atoms with van der Waals surface area (Å²) in [5, 5.41) is 0. The third kappa shape index (κ3) is 4.49. The summed E-state index contributed by atoms with van der Waals surface area (Å²) < 4.78 is 22.6. The minimum absolute atomic E-state index is 0.0968. The van der Waals surface area contributed by atoms with Crippen LogP contribution >= 0.6 is 0 Å². The molecule has 0 aliphatic carbocycles. The molecule has 0 saturated heterocycles. The van der Waals surface area contributed by atoms with Crippen LogP contribution in [-0.4, -0.2) is 49.0 Å². The lowest BCUT2D eigenvalue weighted by atomic mass is 10.2. The molecule has 7 heteroatoms. The van der Waals surface area contributed by atoms with Crippen molar-refractivity contribution >= 4 is 15.7 Å². The molecular formula is C15H20N4O2S. The van der Waals surface area contributed by atoms with Crippen molar-refractivity contribution in [3.05, 3.63) is 36.3 Å². The Morgan fingerprint density at radius 2 is 1.86 bits per heavy atom. The Balaban J connectivity index is 2.31. The van der Waals surface area contributed by atoms with Crippen molar-refractivity contribution < 1.29 is 8.42 Å². The van der Waals surface area contributed by atoms with Crippen LogP contribution in [0.4, 0.5) is 5.82 Å². The molecule has 0 saturated carbocycles. The first-order valence-electron chi connectivity index (χ1n) is 7.06. The van der Waals surface area contributed by atoms with Gasteiger partial charge < -0.3 is 4.90 Å². The van der Waals surface area contributed by atoms with Crippen molar-refractivity contribution in [2.75, 3.05) is 30.5 Å². The van der Waals surface area contributed by atoms with Crippen LogP contribution in [0.5, 0.6) is 0 Å². The van der Waals surface area contributed by atoms with Crippen molar-refractivity contribution in [1.29, 1.82) is 0 Å². The van der Waals surface area contributed by atoms with E-state index >= 15 is 0 Å². The van der Waals surface area contributed by atoms with Crippen LogP contribution in [0.2, 0.25) is 0 Å². The van der Waals surface area contributed by atoms with Gasteiger partial charge in [-0.1, -0.05) is 6.92 Å². The number of aryl methyl sites for hydroxylation is 1. The van der Waals surface area contributed by atoms with Gasteiger partial charge in [-0.15, -0.1) is 0 Å². The molecule has 0 aromatic carbocycles. The van der Waals surface area contributed by atoms with E-state index in [1.54, 1.807) is 12.4 Å². The Morgan fingerprint density at radius 3 is 2.45 bits per heavy atom. The molecule has 6 nitrogen and oxygen atoms in total. The monoisotopic (exact) mass is 320 g/mol. The number of aromatic nitrogens is 3. The molecule has 22 heavy (non-hydrogen) atoms. The molecule has 2 rings (SSSR count). The highest BCUT2D eigenvalue weighted by Gasteiger charge is 2.11. The molecule has 0 fully saturated rings. The summed E-state index contributed by atoms with van der Waals surface area (Å²) >= 11 is 0. The van der Waals surface area contributed by atoms with Gasteiger partial charge in [-0.3, -0.25) is 4.98 Å². The van der Waals surface area contributed by atoms with Crippen molar-refractivity contribution in [2.24, 2.45) is 0 Å². The second-order valence-corrected chi connectivity index (χ2v) is 7.44. The van der Waals surface area contributed by atoms with E-state index in [1.165, 1.54) is 6.26 Å². The number of hydrogen-bond donors (Lipinski definition) is 0. The first-order valence-corrected chi connectivity index (χ1v) is 9.12. The Kier molecular flexibility index (Phi) is 5.07. The van der Waals surface area contributed by atoms with Crippen molar-refractivity contribution in [2.45, 2.75) is 13.3 Å². The van der Waals surface area contributed by atoms with Crippen molar-refractivity contribution in [1.82, 2.24) is 15.0 Å². The standard InChI is InChI=1S/C15H20N4O2S/c1-4-13-11-14(19(2)9-10-22(3,20)21)18-15(17-13)12-5-7-16-8-6-12/h5-8,11H,4,9-10H2,1-3H3. The van der Waals surface area contributed by atoms with Crippen molar-refractivity contribution in [3.63, 3.8) is 0 Å². The summed E-state index contributed by atoms with van der Waals surface area (Å²) in [6.45, 7) is 2.42. The van der Waals surface area contributed by atoms with Gasteiger partial charge in [0.2, 0.25) is 0 Å². The van der Waals surface area contributed by atoms with Gasteiger partial charge in [0.05, 0.1) is 5.75 Å². The van der Waals surface area contributed by atoms with Gasteiger partial charge in [0.1, 0.15) is 15.7 Å². The summed E-state index contributed by atoms with van der Waals surface area (Å²) in [5.41, 5.74) is 1.81. The van der Waals surface area contributed by atoms with Gasteiger partial charge in [-0.2, -0.15) is 0 Å². The zero-order chi connectivity index (χ0) is 16.2. The van der Waals surface area contributed by atoms with Gasteiger partial charge in [-0.25, -0.2) is 18.4 Å². The third-order valence-corrected chi connectivity index (χ3v) is 4.18. The Bertz CT molecular complexity index is 732. The van der Waals surface area contributed by atoms with E-state index < -0.39 is 9.84 Å². The van der Waals surface area contributed by atoms with Gasteiger partial charge in [0.25, 0.3) is 0 Å². The molecule has 0 unspecified atom stereocenters. The number of hydrogen-bond acceptors (Lipinski definition) is 6. The molecule has 118 valence electrons. The Labute approximate surface area is 131 Å². The number of nitrogens with zero attached hydrogens (tertiary/aromatic N) is 4. The topological polar surface area (TPSA) is 76.1 Å². The van der Waals surface area contributed by atoms with Crippen LogP contribution < -0.4 is 4.90 Å². The number of pyridine rings is 1. The Morgan fingerprint density at radius 1 is 1.18 bits per heavy atom. The largest absolute Gasteiger partial charge is 0.359 e. The second-order valence-electron chi connectivity index (χ2n) is 5.18. The predicted octanol–water partition coefficient (Wildman–Crippen LogP) is 1.58. The van der Waals surface area contributed by atoms with Crippen LogP contribution in [-0.2, 0) is 16.3 Å². The molecule has 2 aromatic heterocycles. The fourth-order valence-corrected chi connectivity index (χ4v) is 2.51. The number of rotatable bonds is 6. The van der Waals surface area contributed by atoms with E-state index in [4.69, 9.17) is 0 Å². The molecule has 2 aromatic rings. The highest BCUT2D eigenvalue weighted by atomic mass is 32.2. The zero-order valence-corrected chi connectivity index (χ0v) is 13.8. The third-order valence-electron chi connectivity index (χ3n) is 3.26. The normalized spacial score (nSPS) is 11.4. The SMILES string of the molecule is CCc1cc(N(C)CCS(C)(=O)=O)nc(-c2ccncc2)n1. The molecule has 0 N–H and O–H groups in total. The fraction of sp³-hybridized carbons (Fsp3) is 0.400. The smallest absolute Gasteiger partial charge is 0.161 e. The minimum atomic E-state index is -3.00. The van der Waals surface area contributed by atoms with E-state index in [1.807, 2.05) is 37.1 Å². The fourth-order valence-electron chi connectivity index (χ4n) is 1.91. The molecule has 0 aliphatic heterocycles. The lowest BCUT2D eigenvalue weighted by Gasteiger charge is -2.19. The average Bonchev–Trinajstić information content (AvgIpc) is 2.52. The summed E-state index contributed by atoms with van der Waals surface area (Å²) in [7, 11) is -1.16. The summed E-state index contributed by atoms with van der Waals surface area (Å²) in [5.74, 6) is 1.45. The summed E-state index contributed by atoms with van der Waals surface area (Å²) in [4.78, 5) is 14.9. The molecule has 0 spiro atoms. The lowest BCUT2D eigenvalue weighted by Crippen LogP contribution is -2.26. The highest BCUT2D eigenvalue weighted by Crippen LogP contribution is 2.19. The molecule has 0 atom stereocenters. The van der Waals surface area contributed by atoms with Crippen LogP contribution in [0.3, 0.4) is 0 Å². The maximum atomic E-state index is 11.3. The van der Waals surface area contributed by atoms with Crippen molar-refractivity contribution in [3.8, 4) is 11.4 Å². The van der Waals surface area contributed by atoms with E-state index in [0.29, 0.717) is 12.4 Å². The van der Waals surface area contributed by atoms with E-state index in [2.05, 4.69) is 15.0 Å². The minimum Gasteiger partial charge on any atom is -0.359 e. The highest BCUT2D eigenvalue weighted by molar-refractivity contribution is 7.90. The zero-order valence-electron chi connectivity index (χ0n) is 13.0. The van der Waals surface area contributed by atoms with E-state index in [-0.39, 0.29) is 5.75 Å². The van der Waals surface area contributed by atoms with E-state index in [9.17, 15) is 8.42 Å². The summed E-state index contributed by atoms with van der Waals surface area (Å²) in [6.07, 6.45) is 5.42. The second kappa shape index (κ2) is 6.83. The molecule has 0 bridgehead atoms. The van der Waals surface area contributed by atoms with Gasteiger partial charge >= 0.3 is 0 Å². The lowest BCUT2D eigenvalue weighted by molar-refractivity contribution is 0.601. The first-order chi connectivity index (χ1) is 10.4. The molecule has 0 radical (unpaired) electrons. The quantitative estimate of drug-likeness (QED) is 0.804. The average molecular weight is 320 g/mol. The van der Waals surface area contributed by atoms with Gasteiger partial charge in [-0.05, 0) is 18.6 Å². The molecule has 0 amide bonds. The van der Waals surface area contributed by atoms with Crippen LogP contribution in [0, 0.1) is 0 Å². The van der Waals surface area contributed by atoms with Gasteiger partial charge in [0.15, 0.2) is 5.82 Å².